The highest BCUT2D eigenvalue weighted by Crippen LogP contribution is 2.49. The van der Waals surface area contributed by atoms with Gasteiger partial charge in [-0.15, -0.1) is 0 Å². The number of nitrogens with zero attached hydrogens (tertiary/aromatic N) is 2. The molecule has 350 valence electrons. The molecule has 0 unspecified atom stereocenters. The van der Waals surface area contributed by atoms with Crippen molar-refractivity contribution in [3.8, 4) is 77.9 Å². The van der Waals surface area contributed by atoms with E-state index in [9.17, 15) is 0 Å². The van der Waals surface area contributed by atoms with Gasteiger partial charge < -0.3 is 9.80 Å². The Balaban J connectivity index is 0.972. The standard InChI is InChI=1S/C72H52N2/c1-7-21-53(22-8-1)55-37-45-63(46-38-55)73(71-67(59-25-11-3-12-26-59)33-19-34-68(71)60-27-13-4-14-28-60)65-49-41-57(42-50-65)58-43-51-66(52-44-58)74(64-47-39-56(40-48-64)54-23-9-2-10-24-54)72-69(61-29-15-5-16-30-61)35-20-36-70(72)62-31-17-6-18-32-62/h1-52H. The minimum atomic E-state index is 1.06. The maximum absolute atomic E-state index is 2.43. The first kappa shape index (κ1) is 45.4. The highest BCUT2D eigenvalue weighted by Gasteiger charge is 2.24. The van der Waals surface area contributed by atoms with Crippen LogP contribution in [0.1, 0.15) is 0 Å². The van der Waals surface area contributed by atoms with Crippen LogP contribution >= 0.6 is 0 Å². The molecule has 2 nitrogen and oxygen atoms in total. The van der Waals surface area contributed by atoms with Gasteiger partial charge in [0.05, 0.1) is 11.4 Å². The summed E-state index contributed by atoms with van der Waals surface area (Å²) in [6.07, 6.45) is 0. The third kappa shape index (κ3) is 9.32. The van der Waals surface area contributed by atoms with Crippen LogP contribution in [-0.4, -0.2) is 0 Å². The van der Waals surface area contributed by atoms with Crippen molar-refractivity contribution >= 4 is 34.1 Å². The molecule has 0 heterocycles. The Morgan fingerprint density at radius 3 is 0.514 bits per heavy atom. The molecule has 74 heavy (non-hydrogen) atoms. The lowest BCUT2D eigenvalue weighted by Gasteiger charge is -2.31. The Kier molecular flexibility index (Phi) is 12.8. The molecule has 0 radical (unpaired) electrons. The molecular weight excluding hydrogens is 893 g/mol. The van der Waals surface area contributed by atoms with Crippen molar-refractivity contribution in [3.63, 3.8) is 0 Å². The number of hydrogen-bond acceptors (Lipinski definition) is 2. The second kappa shape index (κ2) is 20.9. The van der Waals surface area contributed by atoms with Gasteiger partial charge in [-0.25, -0.2) is 0 Å². The molecular formula is C72H52N2. The lowest BCUT2D eigenvalue weighted by Crippen LogP contribution is -2.13. The van der Waals surface area contributed by atoms with Gasteiger partial charge in [-0.2, -0.15) is 0 Å². The largest absolute Gasteiger partial charge is 0.309 e. The summed E-state index contributed by atoms with van der Waals surface area (Å²) in [6.45, 7) is 0. The van der Waals surface area contributed by atoms with Crippen molar-refractivity contribution in [2.24, 2.45) is 0 Å². The fraction of sp³-hybridized carbons (Fsp3) is 0. The number of rotatable bonds is 13. The Labute approximate surface area is 435 Å². The Morgan fingerprint density at radius 1 is 0.135 bits per heavy atom. The zero-order valence-corrected chi connectivity index (χ0v) is 40.9. The van der Waals surface area contributed by atoms with Crippen molar-refractivity contribution in [1.82, 2.24) is 0 Å². The fourth-order valence-corrected chi connectivity index (χ4v) is 10.3. The zero-order chi connectivity index (χ0) is 49.5. The first-order chi connectivity index (χ1) is 36.7. The molecule has 0 amide bonds. The van der Waals surface area contributed by atoms with E-state index in [4.69, 9.17) is 0 Å². The van der Waals surface area contributed by atoms with Crippen molar-refractivity contribution < 1.29 is 0 Å². The molecule has 12 aromatic carbocycles. The summed E-state index contributed by atoms with van der Waals surface area (Å²) in [5.74, 6) is 0. The molecule has 0 bridgehead atoms. The summed E-state index contributed by atoms with van der Waals surface area (Å²) in [6, 6.07) is 114. The van der Waals surface area contributed by atoms with Crippen LogP contribution in [0.5, 0.6) is 0 Å². The summed E-state index contributed by atoms with van der Waals surface area (Å²) in [7, 11) is 0. The zero-order valence-electron chi connectivity index (χ0n) is 40.9. The third-order valence-corrected chi connectivity index (χ3v) is 13.9. The van der Waals surface area contributed by atoms with Gasteiger partial charge in [0.25, 0.3) is 0 Å². The monoisotopic (exact) mass is 944 g/mol. The summed E-state index contributed by atoms with van der Waals surface area (Å²) in [4.78, 5) is 4.86. The molecule has 0 spiro atoms. The Hall–Kier alpha value is -9.76. The Morgan fingerprint density at radius 2 is 0.311 bits per heavy atom. The normalized spacial score (nSPS) is 11.0. The fourth-order valence-electron chi connectivity index (χ4n) is 10.3. The number of para-hydroxylation sites is 2. The van der Waals surface area contributed by atoms with Crippen LogP contribution in [-0.2, 0) is 0 Å². The van der Waals surface area contributed by atoms with Gasteiger partial charge in [0.15, 0.2) is 0 Å². The SMILES string of the molecule is c1ccc(-c2ccc(N(c3ccc(-c4ccc(N(c5ccc(-c6ccccc6)cc5)c5c(-c6ccccc6)cccc5-c5ccccc5)cc4)cc3)c3c(-c4ccccc4)cccc3-c3ccccc3)cc2)cc1. The topological polar surface area (TPSA) is 6.48 Å². The maximum Gasteiger partial charge on any atom is 0.0618 e. The molecule has 12 aromatic rings. The molecule has 0 saturated carbocycles. The van der Waals surface area contributed by atoms with E-state index in [0.717, 1.165) is 89.8 Å². The lowest BCUT2D eigenvalue weighted by molar-refractivity contribution is 1.28. The van der Waals surface area contributed by atoms with Gasteiger partial charge in [-0.3, -0.25) is 0 Å². The number of anilines is 6. The van der Waals surface area contributed by atoms with E-state index >= 15 is 0 Å². The summed E-state index contributed by atoms with van der Waals surface area (Å²) >= 11 is 0. The van der Waals surface area contributed by atoms with E-state index in [0.29, 0.717) is 0 Å². The van der Waals surface area contributed by atoms with Crippen LogP contribution in [0.15, 0.2) is 315 Å². The van der Waals surface area contributed by atoms with Crippen molar-refractivity contribution in [2.75, 3.05) is 9.80 Å². The highest BCUT2D eigenvalue weighted by atomic mass is 15.2. The molecule has 0 aliphatic carbocycles. The van der Waals surface area contributed by atoms with E-state index in [1.54, 1.807) is 0 Å². The molecule has 0 N–H and O–H groups in total. The minimum Gasteiger partial charge on any atom is -0.309 e. The van der Waals surface area contributed by atoms with Gasteiger partial charge in [-0.1, -0.05) is 267 Å². The number of benzene rings is 12. The predicted molar refractivity (Wildman–Crippen MR) is 314 cm³/mol. The summed E-state index contributed by atoms with van der Waals surface area (Å²) in [5.41, 5.74) is 22.8. The summed E-state index contributed by atoms with van der Waals surface area (Å²) < 4.78 is 0. The van der Waals surface area contributed by atoms with E-state index in [1.165, 1.54) is 22.3 Å². The predicted octanol–water partition coefficient (Wildman–Crippen LogP) is 20.3. The van der Waals surface area contributed by atoms with Crippen molar-refractivity contribution in [2.45, 2.75) is 0 Å². The lowest BCUT2D eigenvalue weighted by atomic mass is 9.93. The second-order valence-corrected chi connectivity index (χ2v) is 18.5. The first-order valence-electron chi connectivity index (χ1n) is 25.3. The molecule has 0 aliphatic heterocycles. The maximum atomic E-state index is 2.43. The second-order valence-electron chi connectivity index (χ2n) is 18.5. The van der Waals surface area contributed by atoms with Crippen LogP contribution in [0.2, 0.25) is 0 Å². The molecule has 12 rings (SSSR count). The number of hydrogen-bond donors (Lipinski definition) is 0. The molecule has 0 aliphatic rings. The molecule has 0 saturated heterocycles. The van der Waals surface area contributed by atoms with Crippen LogP contribution in [0.25, 0.3) is 77.9 Å². The van der Waals surface area contributed by atoms with Crippen molar-refractivity contribution in [3.05, 3.63) is 315 Å². The van der Waals surface area contributed by atoms with Crippen LogP contribution in [0, 0.1) is 0 Å². The van der Waals surface area contributed by atoms with E-state index in [2.05, 4.69) is 325 Å². The van der Waals surface area contributed by atoms with Gasteiger partial charge in [0.1, 0.15) is 0 Å². The average molecular weight is 945 g/mol. The van der Waals surface area contributed by atoms with E-state index < -0.39 is 0 Å². The Bertz CT molecular complexity index is 3380. The first-order valence-corrected chi connectivity index (χ1v) is 25.3. The van der Waals surface area contributed by atoms with Gasteiger partial charge >= 0.3 is 0 Å². The van der Waals surface area contributed by atoms with Crippen LogP contribution in [0.3, 0.4) is 0 Å². The molecule has 0 atom stereocenters. The van der Waals surface area contributed by atoms with E-state index in [1.807, 2.05) is 0 Å². The molecule has 2 heteroatoms. The van der Waals surface area contributed by atoms with E-state index in [-0.39, 0.29) is 0 Å². The van der Waals surface area contributed by atoms with Crippen LogP contribution < -0.4 is 9.80 Å². The third-order valence-electron chi connectivity index (χ3n) is 13.9. The molecule has 0 aromatic heterocycles. The molecule has 0 fully saturated rings. The van der Waals surface area contributed by atoms with Gasteiger partial charge in [-0.05, 0) is 104 Å². The average Bonchev–Trinajstić information content (AvgIpc) is 3.50. The quantitative estimate of drug-likeness (QED) is 0.114. The summed E-state index contributed by atoms with van der Waals surface area (Å²) in [5, 5.41) is 0. The highest BCUT2D eigenvalue weighted by molar-refractivity contribution is 5.99. The minimum absolute atomic E-state index is 1.06. The van der Waals surface area contributed by atoms with Gasteiger partial charge in [0.2, 0.25) is 0 Å². The van der Waals surface area contributed by atoms with Gasteiger partial charge in [0, 0.05) is 45.0 Å². The van der Waals surface area contributed by atoms with Crippen LogP contribution in [0.4, 0.5) is 34.1 Å². The van der Waals surface area contributed by atoms with Crippen molar-refractivity contribution in [1.29, 1.82) is 0 Å². The smallest absolute Gasteiger partial charge is 0.0618 e.